The number of unbranched alkanes of at least 4 members (excludes halogenated alkanes) is 1. The first kappa shape index (κ1) is 113. The Hall–Kier alpha value is -12.9. The number of likely N-dealkylation sites (N-methyl/N-ethyl adjacent to an activating group) is 2. The molecule has 5 aliphatic rings. The van der Waals surface area contributed by atoms with Crippen LogP contribution in [0.15, 0.2) is 151 Å². The van der Waals surface area contributed by atoms with Gasteiger partial charge in [-0.15, -0.1) is 11.8 Å². The Morgan fingerprint density at radius 3 is 2.08 bits per heavy atom. The number of amides is 13. The number of H-pyrrole nitrogens is 1. The molecule has 4 fully saturated rings. The van der Waals surface area contributed by atoms with Crippen LogP contribution in [0.25, 0.3) is 10.9 Å². The summed E-state index contributed by atoms with van der Waals surface area (Å²) in [5.41, 5.74) is 7.59. The number of carbonyl (C=O) groups excluding carboxylic acids is 16. The summed E-state index contributed by atoms with van der Waals surface area (Å²) in [5, 5.41) is 55.6. The summed E-state index contributed by atoms with van der Waals surface area (Å²) in [6.45, 7) is 11.0. The highest BCUT2D eigenvalue weighted by atomic mass is 35.5. The van der Waals surface area contributed by atoms with Gasteiger partial charge in [-0.25, -0.2) is 4.79 Å². The van der Waals surface area contributed by atoms with Crippen LogP contribution in [0, 0.1) is 17.8 Å². The largest absolute Gasteiger partial charge is 0.508 e. The number of nitrogens with two attached hydrogens (primary N) is 1. The van der Waals surface area contributed by atoms with Gasteiger partial charge in [-0.05, 0) is 137 Å². The third-order valence-electron chi connectivity index (χ3n) is 27.6. The molecule has 146 heavy (non-hydrogen) atoms. The van der Waals surface area contributed by atoms with Crippen LogP contribution in [0.3, 0.4) is 0 Å². The van der Waals surface area contributed by atoms with Crippen molar-refractivity contribution in [2.45, 2.75) is 259 Å². The maximum Gasteiger partial charge on any atom is 0.328 e. The first-order valence-corrected chi connectivity index (χ1v) is 50.9. The number of rotatable bonds is 37. The van der Waals surface area contributed by atoms with E-state index in [2.05, 4.69) is 47.5 Å². The lowest BCUT2D eigenvalue weighted by Gasteiger charge is -2.41. The number of hydrogen-bond acceptors (Lipinski definition) is 26. The number of nitrogens with zero attached hydrogens (tertiary/aromatic N) is 4. The predicted octanol–water partition coefficient (Wildman–Crippen LogP) is 5.46. The van der Waals surface area contributed by atoms with Crippen molar-refractivity contribution in [1.29, 1.82) is 0 Å². The van der Waals surface area contributed by atoms with Gasteiger partial charge < -0.3 is 107 Å². The molecule has 38 nitrogen and oxygen atoms in total. The number of phenolic OH excluding ortho intramolecular Hbond substituents is 1. The highest BCUT2D eigenvalue weighted by molar-refractivity contribution is 8.00. The van der Waals surface area contributed by atoms with Crippen LogP contribution in [-0.4, -0.2) is 292 Å². The summed E-state index contributed by atoms with van der Waals surface area (Å²) in [7, 11) is 7.04. The molecule has 6 aromatic rings. The van der Waals surface area contributed by atoms with Gasteiger partial charge in [0.15, 0.2) is 5.78 Å². The maximum absolute atomic E-state index is 15.5. The number of phenols is 1. The molecule has 14 N–H and O–H groups in total. The maximum atomic E-state index is 15.5. The molecule has 788 valence electrons. The number of allylic oxidation sites excluding steroid dienone is 3. The average molecular weight is 2060 g/mol. The lowest BCUT2D eigenvalue weighted by atomic mass is 9.78. The summed E-state index contributed by atoms with van der Waals surface area (Å²) >= 11 is 7.97. The smallest absolute Gasteiger partial charge is 0.328 e. The number of likely N-dealkylation sites (tertiary alicyclic amines) is 1. The fraction of sp³-hybridized carbons (Fsp3) is 0.509. The first-order valence-electron chi connectivity index (χ1n) is 49.5. The highest BCUT2D eigenvalue weighted by Gasteiger charge is 2.65. The van der Waals surface area contributed by atoms with Crippen molar-refractivity contribution >= 4 is 134 Å². The first-order chi connectivity index (χ1) is 69.5. The molecule has 4 bridgehead atoms. The number of epoxide rings is 1. The molecule has 1 unspecified atom stereocenters. The van der Waals surface area contributed by atoms with E-state index in [9.17, 15) is 72.9 Å². The fourth-order valence-electron chi connectivity index (χ4n) is 18.9. The van der Waals surface area contributed by atoms with E-state index in [0.29, 0.717) is 53.0 Å². The normalized spacial score (nSPS) is 25.1. The topological polar surface area (TPSA) is 534 Å². The Morgan fingerprint density at radius 1 is 0.719 bits per heavy atom. The lowest BCUT2D eigenvalue weighted by Crippen LogP contribution is -2.61. The number of ether oxygens (including phenoxy) is 5. The Kier molecular flexibility index (Phi) is 40.7. The Balaban J connectivity index is 0.715. The van der Waals surface area contributed by atoms with Crippen LogP contribution in [0.5, 0.6) is 11.5 Å². The number of carbonyl (C=O) groups is 16. The van der Waals surface area contributed by atoms with E-state index in [4.69, 9.17) is 41.0 Å². The number of methoxy groups -OCH3 is 2. The number of benzene rings is 5. The van der Waals surface area contributed by atoms with Crippen LogP contribution in [0.1, 0.15) is 160 Å². The Morgan fingerprint density at radius 2 is 1.39 bits per heavy atom. The number of aromatic amines is 1. The number of anilines is 1. The van der Waals surface area contributed by atoms with Crippen LogP contribution in [0.2, 0.25) is 5.02 Å². The molecule has 6 heterocycles. The van der Waals surface area contributed by atoms with Crippen molar-refractivity contribution in [2.24, 2.45) is 23.5 Å². The molecule has 4 saturated heterocycles. The average Bonchev–Trinajstić information content (AvgIpc) is 1.57. The molecule has 0 aliphatic carbocycles. The Labute approximate surface area is 858 Å². The zero-order valence-electron chi connectivity index (χ0n) is 84.5. The fourth-order valence-corrected chi connectivity index (χ4v) is 20.3. The van der Waals surface area contributed by atoms with Gasteiger partial charge in [0.25, 0.3) is 0 Å². The monoisotopic (exact) mass is 2060 g/mol. The van der Waals surface area contributed by atoms with Gasteiger partial charge in [-0.1, -0.05) is 154 Å². The third-order valence-corrected chi connectivity index (χ3v) is 29.1. The van der Waals surface area contributed by atoms with E-state index in [1.165, 1.54) is 83.3 Å². The van der Waals surface area contributed by atoms with Crippen molar-refractivity contribution < 1.29 is 116 Å². The number of hydrogen-bond donors (Lipinski definition) is 13. The van der Waals surface area contributed by atoms with Gasteiger partial charge in [0.05, 0.1) is 55.7 Å². The second-order valence-electron chi connectivity index (χ2n) is 39.0. The van der Waals surface area contributed by atoms with Crippen molar-refractivity contribution in [3.05, 3.63) is 184 Å². The van der Waals surface area contributed by atoms with Crippen molar-refractivity contribution in [3.63, 3.8) is 0 Å². The molecule has 0 radical (unpaired) electrons. The van der Waals surface area contributed by atoms with Gasteiger partial charge in [-0.2, -0.15) is 0 Å². The van der Waals surface area contributed by atoms with E-state index in [0.717, 1.165) is 43.6 Å². The van der Waals surface area contributed by atoms with Crippen LogP contribution in [0.4, 0.5) is 5.69 Å². The molecule has 13 amide bonds. The highest BCUT2D eigenvalue weighted by Crippen LogP contribution is 2.50. The van der Waals surface area contributed by atoms with Crippen LogP contribution < -0.4 is 57.9 Å². The number of imide groups is 1. The van der Waals surface area contributed by atoms with Gasteiger partial charge in [-0.3, -0.25) is 76.8 Å². The van der Waals surface area contributed by atoms with E-state index >= 15 is 19.2 Å². The number of fused-ring (bicyclic) bond motifs is 6. The molecule has 0 spiro atoms. The second-order valence-corrected chi connectivity index (χ2v) is 40.7. The number of esters is 2. The number of halogens is 1. The molecule has 0 saturated carbocycles. The number of thioether (sulfide) groups is 1. The molecule has 5 aliphatic heterocycles. The quantitative estimate of drug-likeness (QED) is 0.00997. The van der Waals surface area contributed by atoms with Gasteiger partial charge >= 0.3 is 11.9 Å². The third kappa shape index (κ3) is 30.4. The van der Waals surface area contributed by atoms with Gasteiger partial charge in [0.1, 0.15) is 88.3 Å². The second kappa shape index (κ2) is 52.4. The molecular weight excluding hydrogens is 1920 g/mol. The minimum absolute atomic E-state index is 0.0463. The molecule has 40 heteroatoms. The van der Waals surface area contributed by atoms with Gasteiger partial charge in [0, 0.05) is 134 Å². The number of ketones is 1. The number of Topliss-reactive ketones (excluding diaryl/α,β-unsaturated/α-hetero) is 1. The van der Waals surface area contributed by atoms with Crippen molar-refractivity contribution in [3.8, 4) is 11.5 Å². The Bertz CT molecular complexity index is 5750. The van der Waals surface area contributed by atoms with E-state index in [1.807, 2.05) is 45.0 Å². The number of aromatic nitrogens is 1. The SMILES string of the molecule is COc1cc2cc(c1Cl)N(C)C(=O)C[C@H](OC(=O)[C@H](C)N(C)C(=O)CCSC1CC(=O)N(CCCNC(=O)[C@H](CC(C)C)NC(=O)[C@H](Cc3ccccc3)NC(=O)CNC(=O)CC[C@H]3C(=O)N[C@@H](Cc4ccc(O)cc4)C(=O)N[C@H](Cc4c[nH]c5ccccc45)C(=O)C[C@@H](CCCCN)C(=O)N[C@@H]([C@@H](C)O)C(=O)N[C@@H](Cc4ccccc4)C(=O)N3C)C1=O)[C@]1(C)O[C@H]1[C@H](C)[C@@H]1C[C@@](O)(CC(=O)O1)[C@H](OC)/C=C/C=C(/C)C2. The molecule has 5 aromatic carbocycles. The minimum atomic E-state index is -1.72. The molecule has 1 aromatic heterocycles. The number of para-hydroxylation sites is 1. The number of aromatic hydroxyl groups is 1. The summed E-state index contributed by atoms with van der Waals surface area (Å²) in [6.07, 6.45) is -0.653. The summed E-state index contributed by atoms with van der Waals surface area (Å²) in [4.78, 5) is 240. The molecular formula is C106H137ClN14O24S. The van der Waals surface area contributed by atoms with Crippen LogP contribution >= 0.6 is 23.4 Å². The molecule has 18 atom stereocenters. The van der Waals surface area contributed by atoms with Crippen molar-refractivity contribution in [2.75, 3.05) is 72.2 Å². The summed E-state index contributed by atoms with van der Waals surface area (Å²) in [5.74, 6) is -13.7. The summed E-state index contributed by atoms with van der Waals surface area (Å²) < 4.78 is 29.9. The lowest BCUT2D eigenvalue weighted by molar-refractivity contribution is -0.187. The van der Waals surface area contributed by atoms with Crippen LogP contribution in [-0.2, 0) is 128 Å². The predicted molar refractivity (Wildman–Crippen MR) is 544 cm³/mol. The van der Waals surface area contributed by atoms with E-state index < -0.39 is 234 Å². The zero-order valence-corrected chi connectivity index (χ0v) is 86.1. The van der Waals surface area contributed by atoms with Crippen molar-refractivity contribution in [1.82, 2.24) is 62.2 Å². The standard InChI is InChI=1S/C106H137ClN14O24S/c1-60(2)45-75(97(132)109-42-24-43-121-91(129)54-84(103(121)138)146-44-40-89(127)118(8)63(5)104(139)144-86-55-90(128)119(9)80-50-68(51-82(141-11)93(80)107)46-61(3)25-23-33-85(142-12)106(140)56-83(143-92(130)57-106)62(4)95-105(86,7)145-95)114-98(133)76(47-65-26-15-13-16-27-65)112-88(126)59-111-87(125)39-38-79-100(135)115-77(48-67-34-36-71(123)37-35-67)99(134)113-74(52-70-58-110-73-32-20-19-31-72(70)73)81(124)53-69(30-21-22-41-108)96(131)117-94(64(6)122)101(136)116-78(102(137)120(79)10)49-66-28-17-14-18-29-66/h13-20,23,25-29,31-37,50-51,58,60,62-64,69,74-79,83-86,94-95,110,122-123,140H,21-22,24,30,38-49,52-57,59,108H2,1-12H3,(H,109,132)(H,111,125)(H,112,126)(H,113,134)(H,114,133)(H,115,135)(H,116,136)(H,117,131)/b33-23+,61-25-/t62-,63+,64-,69-,74-,75+,76+,77+,78+,79+,83+,84?,85-,86+,94+,95+,105+,106-/m1/s1. The van der Waals surface area contributed by atoms with E-state index in [-0.39, 0.29) is 113 Å². The molecule has 11 rings (SSSR count). The number of nitrogens with one attached hydrogen (secondary N) is 9. The minimum Gasteiger partial charge on any atom is -0.508 e. The summed E-state index contributed by atoms with van der Waals surface area (Å²) in [6, 6.07) is 21.9. The van der Waals surface area contributed by atoms with E-state index in [1.54, 1.807) is 111 Å². The number of aliphatic hydroxyl groups is 2. The number of aliphatic hydroxyl groups excluding tert-OH is 1. The van der Waals surface area contributed by atoms with Gasteiger partial charge in [0.2, 0.25) is 76.8 Å². The zero-order chi connectivity index (χ0) is 106.